The third-order valence-corrected chi connectivity index (χ3v) is 6.57. The monoisotopic (exact) mass is 768 g/mol. The summed E-state index contributed by atoms with van der Waals surface area (Å²) in [5, 5.41) is 2.36. The van der Waals surface area contributed by atoms with Crippen molar-refractivity contribution in [1.29, 1.82) is 0 Å². The molecule has 1 aliphatic rings. The normalized spacial score (nSPS) is 18.3. The van der Waals surface area contributed by atoms with Crippen LogP contribution in [0.4, 0.5) is 101 Å². The number of rotatable bonds is 12. The van der Waals surface area contributed by atoms with Crippen LogP contribution in [0.1, 0.15) is 0 Å². The lowest BCUT2D eigenvalue weighted by molar-refractivity contribution is -0.477. The molecule has 0 radical (unpaired) electrons. The number of fused-ring (bicyclic) bond motifs is 1. The summed E-state index contributed by atoms with van der Waals surface area (Å²) in [6.45, 7) is -2.55. The van der Waals surface area contributed by atoms with Gasteiger partial charge in [-0.25, -0.2) is 4.79 Å². The molecule has 0 amide bonds. The van der Waals surface area contributed by atoms with Crippen molar-refractivity contribution in [2.75, 3.05) is 13.2 Å². The fraction of sp³-hybridized carbons (Fsp3) is 0.737. The molecule has 1 aromatic heterocycles. The number of carbonyl (C=O) groups is 1. The zero-order valence-corrected chi connectivity index (χ0v) is 21.7. The molecule has 0 aliphatic carbocycles. The SMILES string of the molecule is O=C(OCC1COc2cscc2O1)C(F)(F)C(F)(F)C(F)(F)C(F)(F)C(F)(F)C(F)(F)C(F)(F)C(F)(F)C(F)(F)C(F)(F)C(F)(F)F. The summed E-state index contributed by atoms with van der Waals surface area (Å²) >= 11 is 0.854. The molecule has 0 aromatic carbocycles. The predicted molar refractivity (Wildman–Crippen MR) is 101 cm³/mol. The first-order chi connectivity index (χ1) is 20.5. The molecule has 0 spiro atoms. The molecule has 1 aromatic rings. The Balaban J connectivity index is 2.49. The Morgan fingerprint density at radius 3 is 1.30 bits per heavy atom. The summed E-state index contributed by atoms with van der Waals surface area (Å²) < 4.78 is 323. The molecule has 1 aliphatic heterocycles. The zero-order chi connectivity index (χ0) is 37.5. The molecule has 1 unspecified atom stereocenters. The van der Waals surface area contributed by atoms with E-state index in [0.29, 0.717) is 0 Å². The topological polar surface area (TPSA) is 44.8 Å². The zero-order valence-electron chi connectivity index (χ0n) is 20.9. The van der Waals surface area contributed by atoms with Crippen molar-refractivity contribution in [3.05, 3.63) is 10.8 Å². The second-order valence-electron chi connectivity index (χ2n) is 8.99. The molecule has 0 fully saturated rings. The Hall–Kier alpha value is -2.84. The maximum absolute atomic E-state index is 14.0. The molecule has 0 bridgehead atoms. The Labute approximate surface area is 245 Å². The number of halogens is 23. The Bertz CT molecular complexity index is 1320. The van der Waals surface area contributed by atoms with Crippen molar-refractivity contribution in [3.8, 4) is 11.5 Å². The first-order valence-electron chi connectivity index (χ1n) is 10.8. The van der Waals surface area contributed by atoms with Gasteiger partial charge in [-0.15, -0.1) is 11.3 Å². The van der Waals surface area contributed by atoms with E-state index < -0.39 is 90.7 Å². The van der Waals surface area contributed by atoms with Gasteiger partial charge in [0, 0.05) is 10.8 Å². The minimum atomic E-state index is -9.52. The quantitative estimate of drug-likeness (QED) is 0.159. The summed E-state index contributed by atoms with van der Waals surface area (Å²) in [4.78, 5) is 11.4. The lowest BCUT2D eigenvalue weighted by atomic mass is 9.85. The lowest BCUT2D eigenvalue weighted by Gasteiger charge is -2.45. The van der Waals surface area contributed by atoms with Gasteiger partial charge in [0.05, 0.1) is 0 Å². The van der Waals surface area contributed by atoms with Gasteiger partial charge in [0.2, 0.25) is 0 Å². The fourth-order valence-electron chi connectivity index (χ4n) is 3.09. The average molecular weight is 768 g/mol. The van der Waals surface area contributed by atoms with Crippen molar-refractivity contribution in [2.24, 2.45) is 0 Å². The number of hydrogen-bond donors (Lipinski definition) is 0. The van der Waals surface area contributed by atoms with Crippen LogP contribution in [-0.4, -0.2) is 90.7 Å². The smallest absolute Gasteiger partial charge is 0.460 e. The van der Waals surface area contributed by atoms with Crippen LogP contribution in [0.25, 0.3) is 0 Å². The van der Waals surface area contributed by atoms with Crippen molar-refractivity contribution in [2.45, 2.75) is 71.5 Å². The van der Waals surface area contributed by atoms with Crippen LogP contribution in [0.15, 0.2) is 10.8 Å². The van der Waals surface area contributed by atoms with Gasteiger partial charge in [-0.2, -0.15) is 101 Å². The third kappa shape index (κ3) is 5.33. The number of thiophene rings is 1. The molecule has 2 rings (SSSR count). The standard InChI is InChI=1S/C19H7F23O4S/c20-9(21,8(43)45-2-5-1-44-6-3-47-4-7(6)46-5)10(22,23)11(24,25)12(26,27)13(28,29)14(30,31)15(32,33)16(34,35)17(36,37)18(38,39)19(40,41)42/h3-5H,1-2H2. The van der Waals surface area contributed by atoms with Gasteiger partial charge < -0.3 is 14.2 Å². The molecule has 28 heteroatoms. The maximum Gasteiger partial charge on any atom is 0.460 e. The first-order valence-corrected chi connectivity index (χ1v) is 11.8. The van der Waals surface area contributed by atoms with Crippen LogP contribution in [0.5, 0.6) is 11.5 Å². The maximum atomic E-state index is 14.0. The highest BCUT2D eigenvalue weighted by molar-refractivity contribution is 7.08. The van der Waals surface area contributed by atoms with Crippen LogP contribution in [-0.2, 0) is 9.53 Å². The van der Waals surface area contributed by atoms with Gasteiger partial charge in [-0.1, -0.05) is 0 Å². The predicted octanol–water partition coefficient (Wildman–Crippen LogP) is 8.35. The first kappa shape index (κ1) is 40.3. The largest absolute Gasteiger partial charge is 0.485 e. The minimum absolute atomic E-state index is 0.0461. The van der Waals surface area contributed by atoms with Crippen LogP contribution < -0.4 is 9.47 Å². The number of ether oxygens (including phenoxy) is 3. The van der Waals surface area contributed by atoms with Gasteiger partial charge in [-0.05, 0) is 0 Å². The second kappa shape index (κ2) is 11.1. The summed E-state index contributed by atoms with van der Waals surface area (Å²) in [5.41, 5.74) is 0. The second-order valence-corrected chi connectivity index (χ2v) is 9.73. The summed E-state index contributed by atoms with van der Waals surface area (Å²) in [6, 6.07) is 0. The summed E-state index contributed by atoms with van der Waals surface area (Å²) in [6.07, 6.45) is -9.93. The number of alkyl halides is 23. The van der Waals surface area contributed by atoms with E-state index in [2.05, 4.69) is 4.74 Å². The molecule has 4 nitrogen and oxygen atoms in total. The molecule has 0 saturated heterocycles. The Kier molecular flexibility index (Phi) is 9.52. The highest BCUT2D eigenvalue weighted by atomic mass is 32.1. The highest BCUT2D eigenvalue weighted by Crippen LogP contribution is 2.67. The van der Waals surface area contributed by atoms with E-state index >= 15 is 0 Å². The third-order valence-electron chi connectivity index (χ3n) is 5.87. The van der Waals surface area contributed by atoms with Crippen molar-refractivity contribution >= 4 is 17.3 Å². The molecule has 2 heterocycles. The van der Waals surface area contributed by atoms with Crippen molar-refractivity contribution in [3.63, 3.8) is 0 Å². The van der Waals surface area contributed by atoms with Crippen LogP contribution in [0.3, 0.4) is 0 Å². The van der Waals surface area contributed by atoms with E-state index in [0.717, 1.165) is 16.7 Å². The molecule has 1 atom stereocenters. The van der Waals surface area contributed by atoms with E-state index in [9.17, 15) is 106 Å². The number of esters is 1. The fourth-order valence-corrected chi connectivity index (χ4v) is 3.76. The van der Waals surface area contributed by atoms with Crippen LogP contribution in [0.2, 0.25) is 0 Å². The Morgan fingerprint density at radius 1 is 0.574 bits per heavy atom. The molecule has 274 valence electrons. The van der Waals surface area contributed by atoms with Gasteiger partial charge in [0.25, 0.3) is 0 Å². The number of carbonyl (C=O) groups excluding carboxylic acids is 1. The molecule has 0 saturated carbocycles. The van der Waals surface area contributed by atoms with Crippen molar-refractivity contribution < 1.29 is 120 Å². The van der Waals surface area contributed by atoms with E-state index in [-0.39, 0.29) is 11.5 Å². The van der Waals surface area contributed by atoms with Gasteiger partial charge in [0.1, 0.15) is 13.2 Å². The summed E-state index contributed by atoms with van der Waals surface area (Å²) in [5.74, 6) is -94.3. The van der Waals surface area contributed by atoms with E-state index in [1.165, 1.54) is 5.38 Å². The van der Waals surface area contributed by atoms with Gasteiger partial charge >= 0.3 is 71.4 Å². The summed E-state index contributed by atoms with van der Waals surface area (Å²) in [7, 11) is 0. The lowest BCUT2D eigenvalue weighted by Crippen LogP contribution is -2.78. The molecular formula is C19H7F23O4S. The highest BCUT2D eigenvalue weighted by Gasteiger charge is 2.99. The van der Waals surface area contributed by atoms with Crippen molar-refractivity contribution in [1.82, 2.24) is 0 Å². The molecule has 47 heavy (non-hydrogen) atoms. The average Bonchev–Trinajstić information content (AvgIpc) is 3.37. The van der Waals surface area contributed by atoms with Crippen LogP contribution in [0, 0.1) is 0 Å². The van der Waals surface area contributed by atoms with Gasteiger partial charge in [-0.3, -0.25) is 0 Å². The Morgan fingerprint density at radius 2 is 0.915 bits per heavy atom. The molecular weight excluding hydrogens is 761 g/mol. The van der Waals surface area contributed by atoms with E-state index in [1.807, 2.05) is 0 Å². The van der Waals surface area contributed by atoms with E-state index in [4.69, 9.17) is 9.47 Å². The van der Waals surface area contributed by atoms with Crippen LogP contribution >= 0.6 is 11.3 Å². The van der Waals surface area contributed by atoms with Gasteiger partial charge in [0.15, 0.2) is 17.6 Å². The minimum Gasteiger partial charge on any atom is -0.485 e. The van der Waals surface area contributed by atoms with E-state index in [1.54, 1.807) is 0 Å². The number of hydrogen-bond acceptors (Lipinski definition) is 5. The molecule has 0 N–H and O–H groups in total.